The first-order valence-corrected chi connectivity index (χ1v) is 11.8. The van der Waals surface area contributed by atoms with Crippen molar-refractivity contribution in [2.45, 2.75) is 39.2 Å². The molecule has 9 heteroatoms. The fourth-order valence-corrected chi connectivity index (χ4v) is 3.73. The van der Waals surface area contributed by atoms with Crippen LogP contribution in [0.1, 0.15) is 55.1 Å². The van der Waals surface area contributed by atoms with E-state index in [2.05, 4.69) is 5.32 Å². The zero-order valence-corrected chi connectivity index (χ0v) is 20.1. The number of likely N-dealkylation sites (tertiary alicyclic amines) is 1. The smallest absolute Gasteiger partial charge is 0.338 e. The minimum Gasteiger partial charge on any atom is -0.490 e. The number of amides is 2. The standard InChI is InChI=1S/C26H31FN2O6/c1-3-33-23-15-20(9-12-22(23)34-17-25(31)29-13-5-4-6-14-29)26(32)35-16-24(30)28-18(2)19-7-10-21(27)11-8-19/h7-12,15,18H,3-6,13-14,16-17H2,1-2H3,(H,28,30). The number of rotatable bonds is 10. The molecule has 1 heterocycles. The van der Waals surface area contributed by atoms with E-state index in [0.717, 1.165) is 37.9 Å². The molecule has 1 fully saturated rings. The highest BCUT2D eigenvalue weighted by molar-refractivity contribution is 5.92. The molecule has 0 saturated carbocycles. The Morgan fingerprint density at radius 1 is 0.971 bits per heavy atom. The van der Waals surface area contributed by atoms with Crippen molar-refractivity contribution in [2.24, 2.45) is 0 Å². The average Bonchev–Trinajstić information content (AvgIpc) is 2.87. The number of carbonyl (C=O) groups is 3. The van der Waals surface area contributed by atoms with Crippen molar-refractivity contribution < 1.29 is 33.0 Å². The van der Waals surface area contributed by atoms with E-state index in [1.165, 1.54) is 24.3 Å². The third kappa shape index (κ3) is 7.70. The summed E-state index contributed by atoms with van der Waals surface area (Å²) in [5, 5.41) is 2.70. The van der Waals surface area contributed by atoms with Crippen LogP contribution in [0.5, 0.6) is 11.5 Å². The van der Waals surface area contributed by atoms with Gasteiger partial charge in [-0.1, -0.05) is 12.1 Å². The zero-order valence-electron chi connectivity index (χ0n) is 20.1. The topological polar surface area (TPSA) is 94.2 Å². The Labute approximate surface area is 204 Å². The number of piperidine rings is 1. The van der Waals surface area contributed by atoms with Crippen LogP contribution in [0.3, 0.4) is 0 Å². The normalized spacial score (nSPS) is 14.1. The molecular formula is C26H31FN2O6. The lowest BCUT2D eigenvalue weighted by molar-refractivity contribution is -0.134. The lowest BCUT2D eigenvalue weighted by Crippen LogP contribution is -2.38. The molecule has 2 aromatic carbocycles. The molecule has 188 valence electrons. The summed E-state index contributed by atoms with van der Waals surface area (Å²) in [7, 11) is 0. The van der Waals surface area contributed by atoms with Crippen molar-refractivity contribution >= 4 is 17.8 Å². The highest BCUT2D eigenvalue weighted by Crippen LogP contribution is 2.29. The molecule has 35 heavy (non-hydrogen) atoms. The van der Waals surface area contributed by atoms with Crippen LogP contribution in [0.15, 0.2) is 42.5 Å². The van der Waals surface area contributed by atoms with E-state index in [0.29, 0.717) is 18.1 Å². The molecule has 1 atom stereocenters. The first-order chi connectivity index (χ1) is 16.9. The van der Waals surface area contributed by atoms with Crippen molar-refractivity contribution in [1.29, 1.82) is 0 Å². The summed E-state index contributed by atoms with van der Waals surface area (Å²) >= 11 is 0. The Morgan fingerprint density at radius 3 is 2.37 bits per heavy atom. The van der Waals surface area contributed by atoms with Crippen molar-refractivity contribution in [3.63, 3.8) is 0 Å². The van der Waals surface area contributed by atoms with Gasteiger partial charge in [0.25, 0.3) is 11.8 Å². The number of esters is 1. The average molecular weight is 487 g/mol. The molecule has 1 unspecified atom stereocenters. The lowest BCUT2D eigenvalue weighted by atomic mass is 10.1. The number of nitrogens with zero attached hydrogens (tertiary/aromatic N) is 1. The Bertz CT molecular complexity index is 1020. The number of halogens is 1. The predicted molar refractivity (Wildman–Crippen MR) is 127 cm³/mol. The second-order valence-corrected chi connectivity index (χ2v) is 8.24. The van der Waals surface area contributed by atoms with Crippen LogP contribution >= 0.6 is 0 Å². The summed E-state index contributed by atoms with van der Waals surface area (Å²) in [6.07, 6.45) is 3.12. The third-order valence-corrected chi connectivity index (χ3v) is 5.62. The molecule has 0 bridgehead atoms. The zero-order chi connectivity index (χ0) is 25.2. The van der Waals surface area contributed by atoms with Crippen LogP contribution in [0, 0.1) is 5.82 Å². The number of nitrogens with one attached hydrogen (secondary N) is 1. The second-order valence-electron chi connectivity index (χ2n) is 8.24. The lowest BCUT2D eigenvalue weighted by Gasteiger charge is -2.26. The number of ether oxygens (including phenoxy) is 3. The SMILES string of the molecule is CCOc1cc(C(=O)OCC(=O)NC(C)c2ccc(F)cc2)ccc1OCC(=O)N1CCCCC1. The van der Waals surface area contributed by atoms with Gasteiger partial charge < -0.3 is 24.4 Å². The molecule has 0 aromatic heterocycles. The van der Waals surface area contributed by atoms with Gasteiger partial charge in [-0.05, 0) is 69.0 Å². The maximum absolute atomic E-state index is 13.1. The van der Waals surface area contributed by atoms with Crippen molar-refractivity contribution in [3.8, 4) is 11.5 Å². The van der Waals surface area contributed by atoms with E-state index < -0.39 is 18.5 Å². The highest BCUT2D eigenvalue weighted by Gasteiger charge is 2.19. The van der Waals surface area contributed by atoms with Gasteiger partial charge in [0.15, 0.2) is 24.7 Å². The molecule has 1 aliphatic rings. The molecule has 2 aromatic rings. The monoisotopic (exact) mass is 486 g/mol. The maximum atomic E-state index is 13.1. The Hall–Kier alpha value is -3.62. The second kappa shape index (κ2) is 12.7. The summed E-state index contributed by atoms with van der Waals surface area (Å²) in [5.41, 5.74) is 0.907. The van der Waals surface area contributed by atoms with Crippen LogP contribution in [-0.2, 0) is 14.3 Å². The van der Waals surface area contributed by atoms with Crippen LogP contribution in [0.25, 0.3) is 0 Å². The summed E-state index contributed by atoms with van der Waals surface area (Å²) < 4.78 is 29.4. The van der Waals surface area contributed by atoms with E-state index in [1.54, 1.807) is 36.9 Å². The number of hydrogen-bond donors (Lipinski definition) is 1. The Kier molecular flexibility index (Phi) is 9.46. The Balaban J connectivity index is 1.53. The largest absolute Gasteiger partial charge is 0.490 e. The van der Waals surface area contributed by atoms with Gasteiger partial charge in [0.1, 0.15) is 5.82 Å². The maximum Gasteiger partial charge on any atom is 0.338 e. The minimum atomic E-state index is -0.702. The van der Waals surface area contributed by atoms with Crippen molar-refractivity contribution in [1.82, 2.24) is 10.2 Å². The van der Waals surface area contributed by atoms with E-state index in [4.69, 9.17) is 14.2 Å². The molecule has 0 radical (unpaired) electrons. The molecule has 2 amide bonds. The molecule has 0 spiro atoms. The van der Waals surface area contributed by atoms with E-state index >= 15 is 0 Å². The van der Waals surface area contributed by atoms with Gasteiger partial charge >= 0.3 is 5.97 Å². The molecule has 1 saturated heterocycles. The van der Waals surface area contributed by atoms with Gasteiger partial charge in [-0.3, -0.25) is 9.59 Å². The molecule has 0 aliphatic carbocycles. The van der Waals surface area contributed by atoms with E-state index in [9.17, 15) is 18.8 Å². The Morgan fingerprint density at radius 2 is 1.69 bits per heavy atom. The molecular weight excluding hydrogens is 455 g/mol. The van der Waals surface area contributed by atoms with Gasteiger partial charge in [0.2, 0.25) is 0 Å². The van der Waals surface area contributed by atoms with Gasteiger partial charge in [-0.2, -0.15) is 0 Å². The molecule has 1 aliphatic heterocycles. The van der Waals surface area contributed by atoms with E-state index in [-0.39, 0.29) is 29.9 Å². The number of carbonyl (C=O) groups excluding carboxylic acids is 3. The summed E-state index contributed by atoms with van der Waals surface area (Å²) in [6, 6.07) is 9.89. The van der Waals surface area contributed by atoms with Crippen molar-refractivity contribution in [3.05, 3.63) is 59.4 Å². The summed E-state index contributed by atoms with van der Waals surface area (Å²) in [6.45, 7) is 4.76. The summed E-state index contributed by atoms with van der Waals surface area (Å²) in [5.74, 6) is -0.987. The summed E-state index contributed by atoms with van der Waals surface area (Å²) in [4.78, 5) is 38.8. The van der Waals surface area contributed by atoms with E-state index in [1.807, 2.05) is 0 Å². The van der Waals surface area contributed by atoms with Crippen LogP contribution in [0.2, 0.25) is 0 Å². The molecule has 1 N–H and O–H groups in total. The number of benzene rings is 2. The quantitative estimate of drug-likeness (QED) is 0.516. The predicted octanol–water partition coefficient (Wildman–Crippen LogP) is 3.65. The fraction of sp³-hybridized carbons (Fsp3) is 0.423. The van der Waals surface area contributed by atoms with Gasteiger partial charge in [0, 0.05) is 13.1 Å². The molecule has 8 nitrogen and oxygen atoms in total. The molecule has 3 rings (SSSR count). The fourth-order valence-electron chi connectivity index (χ4n) is 3.73. The van der Waals surface area contributed by atoms with Gasteiger partial charge in [-0.15, -0.1) is 0 Å². The van der Waals surface area contributed by atoms with Gasteiger partial charge in [-0.25, -0.2) is 9.18 Å². The van der Waals surface area contributed by atoms with Crippen molar-refractivity contribution in [2.75, 3.05) is 32.9 Å². The highest BCUT2D eigenvalue weighted by atomic mass is 19.1. The van der Waals surface area contributed by atoms with Crippen LogP contribution in [-0.4, -0.2) is 55.6 Å². The van der Waals surface area contributed by atoms with Crippen LogP contribution < -0.4 is 14.8 Å². The minimum absolute atomic E-state index is 0.0866. The first-order valence-electron chi connectivity index (χ1n) is 11.8. The third-order valence-electron chi connectivity index (χ3n) is 5.62. The first kappa shape index (κ1) is 26.0. The van der Waals surface area contributed by atoms with Gasteiger partial charge in [0.05, 0.1) is 18.2 Å². The van der Waals surface area contributed by atoms with Crippen LogP contribution in [0.4, 0.5) is 4.39 Å². The number of hydrogen-bond acceptors (Lipinski definition) is 6.